The number of anilines is 1. The fourth-order valence-corrected chi connectivity index (χ4v) is 3.37. The minimum atomic E-state index is -1.10. The minimum absolute atomic E-state index is 0.0383. The van der Waals surface area contributed by atoms with Gasteiger partial charge in [0.1, 0.15) is 11.5 Å². The zero-order valence-electron chi connectivity index (χ0n) is 15.5. The summed E-state index contributed by atoms with van der Waals surface area (Å²) >= 11 is 5.89. The number of fused-ring (bicyclic) bond motifs is 1. The molecule has 29 heavy (non-hydrogen) atoms. The zero-order valence-corrected chi connectivity index (χ0v) is 16.2. The van der Waals surface area contributed by atoms with Crippen LogP contribution in [0.5, 0.6) is 0 Å². The first-order valence-electron chi connectivity index (χ1n) is 8.93. The summed E-state index contributed by atoms with van der Waals surface area (Å²) in [7, 11) is 0. The normalized spacial score (nSPS) is 18.6. The van der Waals surface area contributed by atoms with Crippen LogP contribution in [0.15, 0.2) is 30.7 Å². The number of hydrogen-bond donors (Lipinski definition) is 0. The lowest BCUT2D eigenvalue weighted by Gasteiger charge is -2.34. The summed E-state index contributed by atoms with van der Waals surface area (Å²) in [5.74, 6) is -0.246. The van der Waals surface area contributed by atoms with Gasteiger partial charge in [0.05, 0.1) is 5.02 Å². The highest BCUT2D eigenvalue weighted by atomic mass is 35.5. The number of rotatable bonds is 2. The molecule has 1 saturated heterocycles. The second-order valence-electron chi connectivity index (χ2n) is 6.53. The molecule has 0 unspecified atom stereocenters. The highest BCUT2D eigenvalue weighted by Crippen LogP contribution is 2.35. The van der Waals surface area contributed by atoms with Crippen LogP contribution in [0.2, 0.25) is 5.02 Å². The second-order valence-corrected chi connectivity index (χ2v) is 6.97. The molecule has 4 heterocycles. The number of pyridine rings is 1. The van der Waals surface area contributed by atoms with Gasteiger partial charge in [0, 0.05) is 51.7 Å². The largest absolute Gasteiger partial charge is 0.419 e. The van der Waals surface area contributed by atoms with Crippen LogP contribution in [0.25, 0.3) is 0 Å². The third-order valence-electron chi connectivity index (χ3n) is 4.77. The molecule has 0 bridgehead atoms. The van der Waals surface area contributed by atoms with Crippen LogP contribution in [0.1, 0.15) is 29.3 Å². The third kappa shape index (κ3) is 3.58. The molecular formula is C18H17ClN6O4. The highest BCUT2D eigenvalue weighted by Gasteiger charge is 2.44. The predicted octanol–water partition coefficient (Wildman–Crippen LogP) is 1.48. The maximum absolute atomic E-state index is 12.9. The maximum Gasteiger partial charge on any atom is 0.412 e. The van der Waals surface area contributed by atoms with Crippen LogP contribution in [0.3, 0.4) is 0 Å². The highest BCUT2D eigenvalue weighted by molar-refractivity contribution is 6.30. The Labute approximate surface area is 171 Å². The number of ether oxygens (including phenoxy) is 1. The van der Waals surface area contributed by atoms with E-state index in [4.69, 9.17) is 16.3 Å². The number of carbonyl (C=O) groups is 3. The van der Waals surface area contributed by atoms with E-state index in [0.717, 1.165) is 0 Å². The molecule has 0 saturated carbocycles. The molecule has 0 radical (unpaired) electrons. The van der Waals surface area contributed by atoms with Crippen molar-refractivity contribution in [2.45, 2.75) is 13.2 Å². The Bertz CT molecular complexity index is 961. The van der Waals surface area contributed by atoms with E-state index < -0.39 is 18.2 Å². The predicted molar refractivity (Wildman–Crippen MR) is 101 cm³/mol. The summed E-state index contributed by atoms with van der Waals surface area (Å²) in [6, 6.07) is 3.14. The first-order valence-corrected chi connectivity index (χ1v) is 9.30. The van der Waals surface area contributed by atoms with Gasteiger partial charge in [-0.2, -0.15) is 0 Å². The number of nitrogens with zero attached hydrogens (tertiary/aromatic N) is 6. The molecule has 3 amide bonds. The van der Waals surface area contributed by atoms with E-state index in [1.807, 2.05) is 0 Å². The lowest BCUT2D eigenvalue weighted by atomic mass is 10.3. The van der Waals surface area contributed by atoms with Gasteiger partial charge in [0.15, 0.2) is 5.69 Å². The van der Waals surface area contributed by atoms with E-state index in [0.29, 0.717) is 31.2 Å². The molecule has 150 valence electrons. The van der Waals surface area contributed by atoms with Crippen LogP contribution in [0.4, 0.5) is 10.6 Å². The van der Waals surface area contributed by atoms with Crippen molar-refractivity contribution >= 4 is 35.3 Å². The number of halogens is 1. The van der Waals surface area contributed by atoms with Gasteiger partial charge in [0.25, 0.3) is 5.91 Å². The molecule has 11 heteroatoms. The topological polar surface area (TPSA) is 109 Å². The maximum atomic E-state index is 12.9. The van der Waals surface area contributed by atoms with Crippen molar-refractivity contribution in [3.8, 4) is 0 Å². The monoisotopic (exact) mass is 416 g/mol. The number of aromatic nitrogens is 3. The van der Waals surface area contributed by atoms with Crippen LogP contribution in [-0.4, -0.2) is 68.8 Å². The van der Waals surface area contributed by atoms with Gasteiger partial charge in [-0.3, -0.25) is 14.6 Å². The molecule has 0 aliphatic carbocycles. The van der Waals surface area contributed by atoms with Crippen LogP contribution in [0, 0.1) is 0 Å². The fraction of sp³-hybridized carbons (Fsp3) is 0.333. The standard InChI is InChI=1S/C18H17ClN6O4/c1-11(26)23-6-8-24(9-7-23)18(28)29-17-15-14(20-4-5-21-15)16(27)25(17)13-3-2-12(19)10-22-13/h2-5,10,17H,6-9H2,1H3/t17-/m1/s1. The number of amides is 3. The zero-order chi connectivity index (χ0) is 20.5. The van der Waals surface area contributed by atoms with E-state index in [9.17, 15) is 14.4 Å². The van der Waals surface area contributed by atoms with Gasteiger partial charge in [-0.25, -0.2) is 19.7 Å². The number of piperazine rings is 1. The summed E-state index contributed by atoms with van der Waals surface area (Å²) in [6.45, 7) is 3.02. The molecule has 2 aliphatic heterocycles. The SMILES string of the molecule is CC(=O)N1CCN(C(=O)O[C@@H]2c3nccnc3C(=O)N2c2ccc(Cl)cn2)CC1. The van der Waals surface area contributed by atoms with Crippen molar-refractivity contribution in [3.05, 3.63) is 47.1 Å². The quantitative estimate of drug-likeness (QED) is 0.729. The second kappa shape index (κ2) is 7.63. The fourth-order valence-electron chi connectivity index (χ4n) is 3.25. The van der Waals surface area contributed by atoms with Crippen molar-refractivity contribution in [1.29, 1.82) is 0 Å². The van der Waals surface area contributed by atoms with Crippen molar-refractivity contribution in [2.75, 3.05) is 31.1 Å². The number of carbonyl (C=O) groups excluding carboxylic acids is 3. The molecule has 1 atom stereocenters. The minimum Gasteiger partial charge on any atom is -0.419 e. The van der Waals surface area contributed by atoms with Gasteiger partial charge < -0.3 is 14.5 Å². The lowest BCUT2D eigenvalue weighted by molar-refractivity contribution is -0.130. The van der Waals surface area contributed by atoms with Crippen molar-refractivity contribution in [3.63, 3.8) is 0 Å². The van der Waals surface area contributed by atoms with Crippen LogP contribution < -0.4 is 4.90 Å². The average Bonchev–Trinajstić information content (AvgIpc) is 3.01. The van der Waals surface area contributed by atoms with Gasteiger partial charge in [-0.05, 0) is 12.1 Å². The summed E-state index contributed by atoms with van der Waals surface area (Å²) < 4.78 is 5.65. The van der Waals surface area contributed by atoms with E-state index in [1.54, 1.807) is 17.0 Å². The van der Waals surface area contributed by atoms with Crippen LogP contribution in [-0.2, 0) is 9.53 Å². The Morgan fingerprint density at radius 1 is 1.07 bits per heavy atom. The lowest BCUT2D eigenvalue weighted by Crippen LogP contribution is -2.50. The summed E-state index contributed by atoms with van der Waals surface area (Å²) in [5.41, 5.74) is 0.341. The Balaban J connectivity index is 1.58. The van der Waals surface area contributed by atoms with Gasteiger partial charge in [0.2, 0.25) is 12.1 Å². The molecule has 0 N–H and O–H groups in total. The van der Waals surface area contributed by atoms with Crippen molar-refractivity contribution in [2.24, 2.45) is 0 Å². The molecule has 10 nitrogen and oxygen atoms in total. The molecule has 2 aromatic rings. The van der Waals surface area contributed by atoms with Crippen LogP contribution >= 0.6 is 11.6 Å². The van der Waals surface area contributed by atoms with Crippen molar-refractivity contribution < 1.29 is 19.1 Å². The molecule has 0 spiro atoms. The third-order valence-corrected chi connectivity index (χ3v) is 4.99. The molecule has 2 aromatic heterocycles. The molecule has 2 aliphatic rings. The first-order chi connectivity index (χ1) is 14.0. The summed E-state index contributed by atoms with van der Waals surface area (Å²) in [4.78, 5) is 53.9. The smallest absolute Gasteiger partial charge is 0.412 e. The summed E-state index contributed by atoms with van der Waals surface area (Å²) in [6.07, 6.45) is 2.52. The van der Waals surface area contributed by atoms with E-state index in [-0.39, 0.29) is 23.1 Å². The number of hydrogen-bond acceptors (Lipinski definition) is 7. The first kappa shape index (κ1) is 19.1. The molecule has 0 aromatic carbocycles. The van der Waals surface area contributed by atoms with E-state index in [1.165, 1.54) is 35.3 Å². The Kier molecular flexibility index (Phi) is 5.01. The van der Waals surface area contributed by atoms with E-state index in [2.05, 4.69) is 15.0 Å². The van der Waals surface area contributed by atoms with Gasteiger partial charge in [-0.15, -0.1) is 0 Å². The van der Waals surface area contributed by atoms with Gasteiger partial charge in [-0.1, -0.05) is 11.6 Å². The Hall–Kier alpha value is -3.27. The van der Waals surface area contributed by atoms with E-state index >= 15 is 0 Å². The molecule has 1 fully saturated rings. The Morgan fingerprint density at radius 3 is 2.41 bits per heavy atom. The Morgan fingerprint density at radius 2 is 1.76 bits per heavy atom. The molecular weight excluding hydrogens is 400 g/mol. The molecule has 4 rings (SSSR count). The van der Waals surface area contributed by atoms with Crippen molar-refractivity contribution in [1.82, 2.24) is 24.8 Å². The van der Waals surface area contributed by atoms with Gasteiger partial charge >= 0.3 is 6.09 Å². The summed E-state index contributed by atoms with van der Waals surface area (Å²) in [5, 5.41) is 0.408. The average molecular weight is 417 g/mol.